The van der Waals surface area contributed by atoms with E-state index in [1.54, 1.807) is 0 Å². The van der Waals surface area contributed by atoms with Gasteiger partial charge in [0.1, 0.15) is 24.2 Å². The Morgan fingerprint density at radius 3 is 2.15 bits per heavy atom. The summed E-state index contributed by atoms with van der Waals surface area (Å²) >= 11 is 0. The molecule has 14 heteroatoms. The van der Waals surface area contributed by atoms with Crippen molar-refractivity contribution < 1.29 is 29.1 Å². The molecule has 0 aromatic carbocycles. The number of likely N-dealkylation sites (tertiary alicyclic amines) is 1. The number of hydrogen-bond donors (Lipinski definition) is 8. The van der Waals surface area contributed by atoms with E-state index >= 15 is 0 Å². The van der Waals surface area contributed by atoms with E-state index < -0.39 is 53.9 Å². The summed E-state index contributed by atoms with van der Waals surface area (Å²) in [5, 5.41) is 27.0. The monoisotopic (exact) mass is 554 g/mol. The van der Waals surface area contributed by atoms with Crippen LogP contribution in [0.5, 0.6) is 0 Å². The minimum atomic E-state index is -1.23. The summed E-state index contributed by atoms with van der Waals surface area (Å²) in [6.45, 7) is 9.51. The van der Waals surface area contributed by atoms with Gasteiger partial charge >= 0.3 is 5.97 Å². The molecule has 1 rings (SSSR count). The number of carboxylic acid groups (broad SMARTS) is 1. The number of carboxylic acids is 1. The number of carbonyl (C=O) groups is 5. The molecule has 1 aliphatic rings. The van der Waals surface area contributed by atoms with Gasteiger partial charge in [-0.3, -0.25) is 24.6 Å². The zero-order valence-electron chi connectivity index (χ0n) is 23.6. The number of nitrogens with zero attached hydrogens (tertiary/aromatic N) is 1. The third kappa shape index (κ3) is 11.1. The number of hydrogen-bond acceptors (Lipinski definition) is 7. The van der Waals surface area contributed by atoms with Crippen LogP contribution in [0, 0.1) is 17.2 Å². The Bertz CT molecular complexity index is 896. The molecule has 0 aromatic rings. The van der Waals surface area contributed by atoms with Crippen LogP contribution in [-0.2, 0) is 24.0 Å². The van der Waals surface area contributed by atoms with Gasteiger partial charge in [0.15, 0.2) is 5.96 Å². The number of carbonyl (C=O) groups excluding carboxylic acids is 4. The Kier molecular flexibility index (Phi) is 13.7. The van der Waals surface area contributed by atoms with Gasteiger partial charge in [0, 0.05) is 13.1 Å². The van der Waals surface area contributed by atoms with Crippen molar-refractivity contribution in [3.05, 3.63) is 0 Å². The lowest BCUT2D eigenvalue weighted by molar-refractivity contribution is -0.142. The van der Waals surface area contributed by atoms with E-state index in [0.29, 0.717) is 25.8 Å². The predicted octanol–water partition coefficient (Wildman–Crippen LogP) is -1.17. The fraction of sp³-hybridized carbons (Fsp3) is 0.760. The highest BCUT2D eigenvalue weighted by Crippen LogP contribution is 2.20. The van der Waals surface area contributed by atoms with Crippen LogP contribution in [-0.4, -0.2) is 88.9 Å². The number of aliphatic carboxylic acids is 1. The lowest BCUT2D eigenvalue weighted by Crippen LogP contribution is -2.57. The number of guanidine groups is 1. The van der Waals surface area contributed by atoms with Crippen LogP contribution in [0.1, 0.15) is 66.7 Å². The summed E-state index contributed by atoms with van der Waals surface area (Å²) in [7, 11) is 0. The molecule has 0 spiro atoms. The van der Waals surface area contributed by atoms with E-state index in [1.165, 1.54) is 11.8 Å². The molecule has 0 aromatic heterocycles. The van der Waals surface area contributed by atoms with Crippen molar-refractivity contribution in [2.45, 2.75) is 96.9 Å². The van der Waals surface area contributed by atoms with Crippen LogP contribution in [0.25, 0.3) is 0 Å². The van der Waals surface area contributed by atoms with E-state index in [-0.39, 0.29) is 43.1 Å². The van der Waals surface area contributed by atoms with E-state index in [0.717, 1.165) is 0 Å². The maximum absolute atomic E-state index is 13.0. The van der Waals surface area contributed by atoms with Crippen molar-refractivity contribution in [3.63, 3.8) is 0 Å². The van der Waals surface area contributed by atoms with Gasteiger partial charge in [0.25, 0.3) is 0 Å². The average molecular weight is 555 g/mol. The van der Waals surface area contributed by atoms with Crippen LogP contribution in [0.3, 0.4) is 0 Å². The van der Waals surface area contributed by atoms with Gasteiger partial charge in [0.05, 0.1) is 6.04 Å². The van der Waals surface area contributed by atoms with Crippen LogP contribution in [0.15, 0.2) is 0 Å². The number of rotatable bonds is 15. The lowest BCUT2D eigenvalue weighted by Gasteiger charge is -2.29. The van der Waals surface area contributed by atoms with E-state index in [2.05, 4.69) is 21.3 Å². The second-order valence-corrected chi connectivity index (χ2v) is 10.8. The first kappa shape index (κ1) is 33.6. The van der Waals surface area contributed by atoms with Crippen molar-refractivity contribution >= 4 is 35.6 Å². The lowest BCUT2D eigenvalue weighted by atomic mass is 10.0. The third-order valence-corrected chi connectivity index (χ3v) is 6.53. The van der Waals surface area contributed by atoms with Crippen molar-refractivity contribution in [2.75, 3.05) is 13.1 Å². The fourth-order valence-corrected chi connectivity index (χ4v) is 4.21. The molecule has 5 atom stereocenters. The Hall–Kier alpha value is -3.42. The second-order valence-electron chi connectivity index (χ2n) is 10.8. The molecule has 1 saturated heterocycles. The molecule has 39 heavy (non-hydrogen) atoms. The van der Waals surface area contributed by atoms with Crippen LogP contribution in [0.4, 0.5) is 0 Å². The van der Waals surface area contributed by atoms with Gasteiger partial charge in [-0.1, -0.05) is 27.7 Å². The predicted molar refractivity (Wildman–Crippen MR) is 145 cm³/mol. The van der Waals surface area contributed by atoms with Gasteiger partial charge in [0.2, 0.25) is 23.6 Å². The van der Waals surface area contributed by atoms with E-state index in [9.17, 15) is 29.1 Å². The summed E-state index contributed by atoms with van der Waals surface area (Å²) < 4.78 is 0. The summed E-state index contributed by atoms with van der Waals surface area (Å²) in [5.41, 5.74) is 11.2. The Morgan fingerprint density at radius 1 is 1.00 bits per heavy atom. The molecular formula is C25H46N8O6. The molecular weight excluding hydrogens is 508 g/mol. The molecule has 0 saturated carbocycles. The van der Waals surface area contributed by atoms with Crippen molar-refractivity contribution in [1.82, 2.24) is 26.2 Å². The van der Waals surface area contributed by atoms with Crippen molar-refractivity contribution in [3.8, 4) is 0 Å². The van der Waals surface area contributed by atoms with Crippen LogP contribution < -0.4 is 32.7 Å². The quantitative estimate of drug-likeness (QED) is 0.0691. The summed E-state index contributed by atoms with van der Waals surface area (Å²) in [4.78, 5) is 64.7. The van der Waals surface area contributed by atoms with Crippen molar-refractivity contribution in [1.29, 1.82) is 5.41 Å². The highest BCUT2D eigenvalue weighted by atomic mass is 16.4. The standard InChI is InChI=1S/C25H46N8O6/c1-13(2)12-17(21(35)31-16(24(38)39)8-6-10-29-25(27)28)32-20(34)15(5)30-22(36)18-9-7-11-33(18)23(37)19(26)14(3)4/h13-19H,6-12,26H2,1-5H3,(H,30,36)(H,31,35)(H,32,34)(H,38,39)(H4,27,28,29)/t15-,16-,17-,18-,19-/m0/s1. The molecule has 1 heterocycles. The number of nitrogens with one attached hydrogen (secondary N) is 5. The highest BCUT2D eigenvalue weighted by molar-refractivity contribution is 5.95. The second kappa shape index (κ2) is 15.9. The molecule has 1 fully saturated rings. The third-order valence-electron chi connectivity index (χ3n) is 6.53. The SMILES string of the molecule is CC(C)C[C@H](NC(=O)[C@H](C)NC(=O)[C@@H]1CCCN1C(=O)[C@@H](N)C(C)C)C(=O)N[C@@H](CCCNC(=N)N)C(=O)O. The van der Waals surface area contributed by atoms with Gasteiger partial charge in [-0.25, -0.2) is 4.79 Å². The minimum absolute atomic E-state index is 0.00258. The normalized spacial score (nSPS) is 18.2. The van der Waals surface area contributed by atoms with Crippen LogP contribution >= 0.6 is 0 Å². The van der Waals surface area contributed by atoms with E-state index in [4.69, 9.17) is 16.9 Å². The van der Waals surface area contributed by atoms with Crippen LogP contribution in [0.2, 0.25) is 0 Å². The molecule has 4 amide bonds. The Morgan fingerprint density at radius 2 is 1.62 bits per heavy atom. The summed E-state index contributed by atoms with van der Waals surface area (Å²) in [5.74, 6) is -3.61. The molecule has 0 radical (unpaired) electrons. The molecule has 222 valence electrons. The minimum Gasteiger partial charge on any atom is -0.480 e. The first-order valence-corrected chi connectivity index (χ1v) is 13.4. The molecule has 10 N–H and O–H groups in total. The maximum atomic E-state index is 13.0. The Labute approximate surface area is 229 Å². The topological polar surface area (TPSA) is 233 Å². The van der Waals surface area contributed by atoms with Gasteiger partial charge < -0.3 is 42.7 Å². The molecule has 1 aliphatic heterocycles. The largest absolute Gasteiger partial charge is 0.480 e. The fourth-order valence-electron chi connectivity index (χ4n) is 4.21. The molecule has 0 bridgehead atoms. The molecule has 0 unspecified atom stereocenters. The zero-order chi connectivity index (χ0) is 29.9. The highest BCUT2D eigenvalue weighted by Gasteiger charge is 2.38. The Balaban J connectivity index is 2.81. The summed E-state index contributed by atoms with van der Waals surface area (Å²) in [6.07, 6.45) is 1.76. The number of nitrogens with two attached hydrogens (primary N) is 2. The first-order chi connectivity index (χ1) is 18.1. The zero-order valence-corrected chi connectivity index (χ0v) is 23.6. The van der Waals surface area contributed by atoms with Gasteiger partial charge in [-0.2, -0.15) is 0 Å². The van der Waals surface area contributed by atoms with E-state index in [1.807, 2.05) is 27.7 Å². The summed E-state index contributed by atoms with van der Waals surface area (Å²) in [6, 6.07) is -4.69. The first-order valence-electron chi connectivity index (χ1n) is 13.4. The smallest absolute Gasteiger partial charge is 0.326 e. The molecule has 14 nitrogen and oxygen atoms in total. The maximum Gasteiger partial charge on any atom is 0.326 e. The van der Waals surface area contributed by atoms with Gasteiger partial charge in [-0.15, -0.1) is 0 Å². The van der Waals surface area contributed by atoms with Gasteiger partial charge in [-0.05, 0) is 50.9 Å². The number of amides is 4. The average Bonchev–Trinajstić information content (AvgIpc) is 3.33. The van der Waals surface area contributed by atoms with Crippen molar-refractivity contribution in [2.24, 2.45) is 23.3 Å². The molecule has 0 aliphatic carbocycles.